The normalized spacial score (nSPS) is 16.9. The average Bonchev–Trinajstić information content (AvgIpc) is 2.15. The molecule has 0 aromatic rings. The molecule has 1 aliphatic rings. The van der Waals surface area contributed by atoms with E-state index in [0.29, 0.717) is 13.1 Å². The van der Waals surface area contributed by atoms with E-state index in [9.17, 15) is 4.79 Å². The van der Waals surface area contributed by atoms with Crippen LogP contribution in [-0.2, 0) is 9.63 Å². The molecule has 56 valence electrons. The smallest absolute Gasteiger partial charge is 0.329 e. The summed E-state index contributed by atoms with van der Waals surface area (Å²) in [7, 11) is 0. The van der Waals surface area contributed by atoms with Crippen LogP contribution in [0.1, 0.15) is 6.92 Å². The number of carbonyl (C=O) groups excluding carboxylic acids is 1. The fourth-order valence-corrected chi connectivity index (χ4v) is 0.696. The van der Waals surface area contributed by atoms with E-state index in [1.54, 1.807) is 0 Å². The van der Waals surface area contributed by atoms with Crippen molar-refractivity contribution in [1.82, 2.24) is 5.06 Å². The summed E-state index contributed by atoms with van der Waals surface area (Å²) in [6.45, 7) is 2.48. The monoisotopic (exact) mass is 143 g/mol. The van der Waals surface area contributed by atoms with Gasteiger partial charge in [-0.2, -0.15) is 5.06 Å². The van der Waals surface area contributed by atoms with E-state index in [-0.39, 0.29) is 11.9 Å². The topological polar surface area (TPSA) is 67.9 Å². The second-order valence-corrected chi connectivity index (χ2v) is 1.92. The van der Waals surface area contributed by atoms with Gasteiger partial charge in [-0.25, -0.2) is 4.99 Å². The van der Waals surface area contributed by atoms with E-state index in [4.69, 9.17) is 5.73 Å². The van der Waals surface area contributed by atoms with Crippen molar-refractivity contribution in [2.75, 3.05) is 13.1 Å². The third-order valence-corrected chi connectivity index (χ3v) is 1.07. The first-order chi connectivity index (χ1) is 4.70. The predicted molar refractivity (Wildman–Crippen MR) is 35.0 cm³/mol. The summed E-state index contributed by atoms with van der Waals surface area (Å²) >= 11 is 0. The van der Waals surface area contributed by atoms with Crippen molar-refractivity contribution in [3.8, 4) is 0 Å². The number of carbonyl (C=O) groups is 1. The average molecular weight is 143 g/mol. The van der Waals surface area contributed by atoms with E-state index in [2.05, 4.69) is 9.83 Å². The zero-order valence-corrected chi connectivity index (χ0v) is 5.70. The van der Waals surface area contributed by atoms with Gasteiger partial charge in [-0.05, 0) is 0 Å². The number of guanidine groups is 1. The molecule has 1 heterocycles. The van der Waals surface area contributed by atoms with E-state index >= 15 is 0 Å². The lowest BCUT2D eigenvalue weighted by molar-refractivity contribution is -0.168. The maximum atomic E-state index is 10.4. The van der Waals surface area contributed by atoms with Crippen molar-refractivity contribution in [2.24, 2.45) is 10.7 Å². The van der Waals surface area contributed by atoms with E-state index in [1.165, 1.54) is 12.0 Å². The number of hydrogen-bond donors (Lipinski definition) is 1. The van der Waals surface area contributed by atoms with Gasteiger partial charge in [-0.15, -0.1) is 0 Å². The summed E-state index contributed by atoms with van der Waals surface area (Å²) in [5, 5.41) is 1.28. The molecule has 0 atom stereocenters. The first-order valence-electron chi connectivity index (χ1n) is 2.96. The van der Waals surface area contributed by atoms with E-state index < -0.39 is 0 Å². The molecule has 0 bridgehead atoms. The molecule has 5 nitrogen and oxygen atoms in total. The third-order valence-electron chi connectivity index (χ3n) is 1.07. The van der Waals surface area contributed by atoms with Gasteiger partial charge in [0.05, 0.1) is 13.1 Å². The van der Waals surface area contributed by atoms with Crippen molar-refractivity contribution in [1.29, 1.82) is 0 Å². The lowest BCUT2D eigenvalue weighted by Gasteiger charge is -2.13. The molecule has 1 rings (SSSR count). The molecule has 0 saturated carbocycles. The standard InChI is InChI=1S/C5H9N3O2/c1-4(9)10-8-3-2-7-5(8)6/h2-3H2,1H3,(H2,6,7). The Morgan fingerprint density at radius 3 is 3.00 bits per heavy atom. The Balaban J connectivity index is 2.43. The number of hydroxylamine groups is 2. The second-order valence-electron chi connectivity index (χ2n) is 1.92. The Labute approximate surface area is 58.4 Å². The molecule has 0 amide bonds. The summed E-state index contributed by atoms with van der Waals surface area (Å²) in [5.41, 5.74) is 5.33. The maximum Gasteiger partial charge on any atom is 0.329 e. The van der Waals surface area contributed by atoms with Gasteiger partial charge in [0.1, 0.15) is 0 Å². The summed E-state index contributed by atoms with van der Waals surface area (Å²) in [5.74, 6) is -0.102. The number of aliphatic imine (C=N–C) groups is 1. The van der Waals surface area contributed by atoms with Crippen molar-refractivity contribution >= 4 is 11.9 Å². The van der Waals surface area contributed by atoms with Gasteiger partial charge < -0.3 is 10.6 Å². The minimum absolute atomic E-state index is 0.273. The third kappa shape index (κ3) is 1.37. The number of rotatable bonds is 1. The fourth-order valence-electron chi connectivity index (χ4n) is 0.696. The van der Waals surface area contributed by atoms with Crippen molar-refractivity contribution in [3.05, 3.63) is 0 Å². The largest absolute Gasteiger partial charge is 0.367 e. The molecule has 10 heavy (non-hydrogen) atoms. The Morgan fingerprint density at radius 2 is 2.60 bits per heavy atom. The van der Waals surface area contributed by atoms with E-state index in [0.717, 1.165) is 0 Å². The highest BCUT2D eigenvalue weighted by Crippen LogP contribution is 1.97. The first-order valence-corrected chi connectivity index (χ1v) is 2.96. The Kier molecular flexibility index (Phi) is 1.75. The Hall–Kier alpha value is -1.26. The van der Waals surface area contributed by atoms with Crippen LogP contribution in [0.25, 0.3) is 0 Å². The predicted octanol–water partition coefficient (Wildman–Crippen LogP) is -0.905. The van der Waals surface area contributed by atoms with Gasteiger partial charge >= 0.3 is 5.97 Å². The van der Waals surface area contributed by atoms with Crippen LogP contribution in [-0.4, -0.2) is 30.1 Å². The highest BCUT2D eigenvalue weighted by Gasteiger charge is 2.15. The summed E-state index contributed by atoms with van der Waals surface area (Å²) in [6, 6.07) is 0. The molecule has 5 heteroatoms. The summed E-state index contributed by atoms with van der Waals surface area (Å²) < 4.78 is 0. The molecule has 0 saturated heterocycles. The van der Waals surface area contributed by atoms with Gasteiger partial charge in [0.2, 0.25) is 5.96 Å². The second kappa shape index (κ2) is 2.55. The number of hydrogen-bond acceptors (Lipinski definition) is 5. The van der Waals surface area contributed by atoms with Crippen LogP contribution >= 0.6 is 0 Å². The fraction of sp³-hybridized carbons (Fsp3) is 0.600. The summed E-state index contributed by atoms with van der Waals surface area (Å²) in [6.07, 6.45) is 0. The van der Waals surface area contributed by atoms with Crippen LogP contribution in [0.3, 0.4) is 0 Å². The van der Waals surface area contributed by atoms with Crippen LogP contribution in [0.15, 0.2) is 4.99 Å². The SMILES string of the molecule is CC(=O)ON1CCN=C1N. The highest BCUT2D eigenvalue weighted by atomic mass is 16.7. The highest BCUT2D eigenvalue weighted by molar-refractivity contribution is 5.80. The quantitative estimate of drug-likeness (QED) is 0.516. The lowest BCUT2D eigenvalue weighted by atomic mass is 10.7. The lowest BCUT2D eigenvalue weighted by Crippen LogP contribution is -2.35. The molecule has 0 aliphatic carbocycles. The molecular weight excluding hydrogens is 134 g/mol. The number of nitrogens with two attached hydrogens (primary N) is 1. The van der Waals surface area contributed by atoms with Gasteiger partial charge in [0, 0.05) is 6.92 Å². The summed E-state index contributed by atoms with van der Waals surface area (Å²) in [4.78, 5) is 18.8. The van der Waals surface area contributed by atoms with Gasteiger partial charge in [0.25, 0.3) is 0 Å². The molecule has 0 spiro atoms. The van der Waals surface area contributed by atoms with Crippen molar-refractivity contribution in [2.45, 2.75) is 6.92 Å². The van der Waals surface area contributed by atoms with Crippen LogP contribution in [0.2, 0.25) is 0 Å². The zero-order valence-electron chi connectivity index (χ0n) is 5.70. The van der Waals surface area contributed by atoms with Crippen LogP contribution in [0.4, 0.5) is 0 Å². The molecule has 1 aliphatic heterocycles. The molecule has 0 aromatic carbocycles. The van der Waals surface area contributed by atoms with Crippen molar-refractivity contribution in [3.63, 3.8) is 0 Å². The molecule has 0 aromatic heterocycles. The Morgan fingerprint density at radius 1 is 1.90 bits per heavy atom. The zero-order chi connectivity index (χ0) is 7.56. The molecule has 2 N–H and O–H groups in total. The molecule has 0 unspecified atom stereocenters. The van der Waals surface area contributed by atoms with Crippen molar-refractivity contribution < 1.29 is 9.63 Å². The minimum Gasteiger partial charge on any atom is -0.367 e. The number of nitrogens with zero attached hydrogens (tertiary/aromatic N) is 2. The van der Waals surface area contributed by atoms with Crippen LogP contribution in [0.5, 0.6) is 0 Å². The van der Waals surface area contributed by atoms with Crippen LogP contribution < -0.4 is 5.73 Å². The Bertz CT molecular complexity index is 178. The molecule has 0 fully saturated rings. The molecular formula is C5H9N3O2. The van der Waals surface area contributed by atoms with Gasteiger partial charge in [0.15, 0.2) is 0 Å². The van der Waals surface area contributed by atoms with E-state index in [1.807, 2.05) is 0 Å². The van der Waals surface area contributed by atoms with Gasteiger partial charge in [-0.3, -0.25) is 4.79 Å². The minimum atomic E-state index is -0.375. The first kappa shape index (κ1) is 6.85. The van der Waals surface area contributed by atoms with Gasteiger partial charge in [-0.1, -0.05) is 0 Å². The van der Waals surface area contributed by atoms with Crippen LogP contribution in [0, 0.1) is 0 Å². The maximum absolute atomic E-state index is 10.4. The molecule has 0 radical (unpaired) electrons.